The molecule has 6 heteroatoms. The van der Waals surface area contributed by atoms with Crippen molar-refractivity contribution < 1.29 is 9.59 Å². The Labute approximate surface area is 100 Å². The van der Waals surface area contributed by atoms with Crippen molar-refractivity contribution in [2.75, 3.05) is 6.54 Å². The average Bonchev–Trinajstić information content (AvgIpc) is 2.77. The minimum atomic E-state index is -0.171. The summed E-state index contributed by atoms with van der Waals surface area (Å²) in [5, 5.41) is 6.74. The van der Waals surface area contributed by atoms with Crippen molar-refractivity contribution in [2.24, 2.45) is 16.8 Å². The minimum Gasteiger partial charge on any atom is -0.348 e. The van der Waals surface area contributed by atoms with Gasteiger partial charge in [-0.3, -0.25) is 9.59 Å². The summed E-state index contributed by atoms with van der Waals surface area (Å²) in [6.45, 7) is 0.605. The molecule has 0 saturated heterocycles. The number of hydrogen-bond donors (Lipinski definition) is 3. The van der Waals surface area contributed by atoms with Gasteiger partial charge in [0.1, 0.15) is 5.71 Å². The highest BCUT2D eigenvalue weighted by Gasteiger charge is 2.29. The number of nitrogens with zero attached hydrogens (tertiary/aromatic N) is 1. The van der Waals surface area contributed by atoms with Gasteiger partial charge in [0.25, 0.3) is 5.91 Å². The maximum absolute atomic E-state index is 11.9. The molecule has 0 spiro atoms. The Hall–Kier alpha value is -1.43. The molecule has 0 aromatic heterocycles. The predicted molar refractivity (Wildman–Crippen MR) is 63.1 cm³/mol. The van der Waals surface area contributed by atoms with Crippen molar-refractivity contribution in [2.45, 2.75) is 38.1 Å². The number of amides is 2. The Morgan fingerprint density at radius 3 is 2.94 bits per heavy atom. The summed E-state index contributed by atoms with van der Waals surface area (Å²) in [5.41, 5.74) is 8.39. The molecule has 2 unspecified atom stereocenters. The van der Waals surface area contributed by atoms with E-state index in [2.05, 4.69) is 15.8 Å². The standard InChI is InChI=1S/C11H18N4O2/c12-6-7-2-1-3-8(7)13-11(17)9-4-5-10(16)15-14-9/h7-8H,1-6,12H2,(H,13,17)(H,15,16). The third-order valence-corrected chi connectivity index (χ3v) is 3.44. The van der Waals surface area contributed by atoms with Gasteiger partial charge >= 0.3 is 0 Å². The van der Waals surface area contributed by atoms with Gasteiger partial charge in [0.2, 0.25) is 5.91 Å². The largest absolute Gasteiger partial charge is 0.348 e. The maximum Gasteiger partial charge on any atom is 0.267 e. The van der Waals surface area contributed by atoms with Crippen LogP contribution in [0.15, 0.2) is 5.10 Å². The van der Waals surface area contributed by atoms with E-state index in [4.69, 9.17) is 5.73 Å². The maximum atomic E-state index is 11.9. The molecule has 0 radical (unpaired) electrons. The molecular formula is C11H18N4O2. The predicted octanol–water partition coefficient (Wildman–Crippen LogP) is -0.504. The molecule has 0 bridgehead atoms. The molecule has 0 aromatic carbocycles. The minimum absolute atomic E-state index is 0.137. The highest BCUT2D eigenvalue weighted by atomic mass is 16.2. The highest BCUT2D eigenvalue weighted by Crippen LogP contribution is 2.24. The van der Waals surface area contributed by atoms with Crippen molar-refractivity contribution in [1.82, 2.24) is 10.7 Å². The van der Waals surface area contributed by atoms with Gasteiger partial charge in [-0.2, -0.15) is 5.10 Å². The molecule has 17 heavy (non-hydrogen) atoms. The zero-order chi connectivity index (χ0) is 12.3. The number of nitrogens with two attached hydrogens (primary N) is 1. The first-order chi connectivity index (χ1) is 8.20. The first-order valence-electron chi connectivity index (χ1n) is 6.07. The fourth-order valence-electron chi connectivity index (χ4n) is 2.40. The second kappa shape index (κ2) is 5.27. The fraction of sp³-hybridized carbons (Fsp3) is 0.727. The van der Waals surface area contributed by atoms with Crippen LogP contribution in [0.25, 0.3) is 0 Å². The summed E-state index contributed by atoms with van der Waals surface area (Å²) in [6, 6.07) is 0.160. The lowest BCUT2D eigenvalue weighted by Crippen LogP contribution is -2.44. The van der Waals surface area contributed by atoms with Gasteiger partial charge in [-0.05, 0) is 25.3 Å². The van der Waals surface area contributed by atoms with Crippen molar-refractivity contribution in [1.29, 1.82) is 0 Å². The second-order valence-electron chi connectivity index (χ2n) is 4.60. The van der Waals surface area contributed by atoms with Crippen molar-refractivity contribution in [3.63, 3.8) is 0 Å². The van der Waals surface area contributed by atoms with Crippen LogP contribution in [0.1, 0.15) is 32.1 Å². The van der Waals surface area contributed by atoms with Gasteiger partial charge in [-0.15, -0.1) is 0 Å². The van der Waals surface area contributed by atoms with Crippen LogP contribution in [-0.2, 0) is 9.59 Å². The number of hydrazone groups is 1. The normalized spacial score (nSPS) is 28.5. The number of carbonyl (C=O) groups is 2. The molecule has 1 fully saturated rings. The third kappa shape index (κ3) is 2.82. The molecule has 1 heterocycles. The number of hydrogen-bond acceptors (Lipinski definition) is 4. The summed E-state index contributed by atoms with van der Waals surface area (Å²) in [5.74, 6) is 0.0651. The van der Waals surface area contributed by atoms with Crippen LogP contribution in [0.2, 0.25) is 0 Å². The third-order valence-electron chi connectivity index (χ3n) is 3.44. The van der Waals surface area contributed by atoms with Crippen LogP contribution < -0.4 is 16.5 Å². The van der Waals surface area contributed by atoms with Crippen LogP contribution in [0, 0.1) is 5.92 Å². The molecule has 2 atom stereocenters. The number of carbonyl (C=O) groups excluding carboxylic acids is 2. The van der Waals surface area contributed by atoms with Crippen LogP contribution >= 0.6 is 0 Å². The fourth-order valence-corrected chi connectivity index (χ4v) is 2.40. The molecule has 2 amide bonds. The Kier molecular flexibility index (Phi) is 3.73. The van der Waals surface area contributed by atoms with E-state index in [0.717, 1.165) is 19.3 Å². The summed E-state index contributed by atoms with van der Waals surface area (Å²) in [4.78, 5) is 22.8. The van der Waals surface area contributed by atoms with Gasteiger partial charge < -0.3 is 11.1 Å². The smallest absolute Gasteiger partial charge is 0.267 e. The van der Waals surface area contributed by atoms with E-state index >= 15 is 0 Å². The Morgan fingerprint density at radius 1 is 1.47 bits per heavy atom. The second-order valence-corrected chi connectivity index (χ2v) is 4.60. The van der Waals surface area contributed by atoms with Gasteiger partial charge in [0.05, 0.1) is 0 Å². The van der Waals surface area contributed by atoms with Gasteiger partial charge in [-0.1, -0.05) is 6.42 Å². The van der Waals surface area contributed by atoms with Gasteiger partial charge in [0.15, 0.2) is 0 Å². The molecule has 94 valence electrons. The Balaban J connectivity index is 1.90. The Bertz CT molecular complexity index is 353. The summed E-state index contributed by atoms with van der Waals surface area (Å²) in [7, 11) is 0. The van der Waals surface area contributed by atoms with E-state index in [1.165, 1.54) is 0 Å². The first kappa shape index (κ1) is 12.0. The highest BCUT2D eigenvalue weighted by molar-refractivity contribution is 6.39. The first-order valence-corrected chi connectivity index (χ1v) is 6.07. The van der Waals surface area contributed by atoms with E-state index < -0.39 is 0 Å². The zero-order valence-corrected chi connectivity index (χ0v) is 9.74. The lowest BCUT2D eigenvalue weighted by Gasteiger charge is -2.20. The van der Waals surface area contributed by atoms with Crippen LogP contribution in [0.5, 0.6) is 0 Å². The van der Waals surface area contributed by atoms with E-state index in [-0.39, 0.29) is 17.9 Å². The summed E-state index contributed by atoms with van der Waals surface area (Å²) in [6.07, 6.45) is 3.91. The van der Waals surface area contributed by atoms with Crippen LogP contribution in [0.4, 0.5) is 0 Å². The van der Waals surface area contributed by atoms with E-state index in [1.54, 1.807) is 0 Å². The zero-order valence-electron chi connectivity index (χ0n) is 9.74. The van der Waals surface area contributed by atoms with Crippen LogP contribution in [-0.4, -0.2) is 30.1 Å². The average molecular weight is 238 g/mol. The molecular weight excluding hydrogens is 220 g/mol. The molecule has 6 nitrogen and oxygen atoms in total. The van der Waals surface area contributed by atoms with Crippen molar-refractivity contribution in [3.8, 4) is 0 Å². The number of nitrogens with one attached hydrogen (secondary N) is 2. The quantitative estimate of drug-likeness (QED) is 0.618. The van der Waals surface area contributed by atoms with E-state index in [9.17, 15) is 9.59 Å². The van der Waals surface area contributed by atoms with E-state index in [0.29, 0.717) is 31.0 Å². The topological polar surface area (TPSA) is 96.6 Å². The van der Waals surface area contributed by atoms with Gasteiger partial charge in [-0.25, -0.2) is 5.43 Å². The van der Waals surface area contributed by atoms with Crippen molar-refractivity contribution in [3.05, 3.63) is 0 Å². The molecule has 4 N–H and O–H groups in total. The molecule has 1 aliphatic carbocycles. The molecule has 2 rings (SSSR count). The lowest BCUT2D eigenvalue weighted by atomic mass is 10.0. The van der Waals surface area contributed by atoms with Gasteiger partial charge in [0, 0.05) is 18.9 Å². The molecule has 2 aliphatic rings. The van der Waals surface area contributed by atoms with Crippen molar-refractivity contribution >= 4 is 17.5 Å². The molecule has 1 aliphatic heterocycles. The lowest BCUT2D eigenvalue weighted by molar-refractivity contribution is -0.121. The summed E-state index contributed by atoms with van der Waals surface area (Å²) < 4.78 is 0. The monoisotopic (exact) mass is 238 g/mol. The molecule has 1 saturated carbocycles. The SMILES string of the molecule is NCC1CCCC1NC(=O)C1=NNC(=O)CC1. The molecule has 0 aromatic rings. The number of rotatable bonds is 3. The Morgan fingerprint density at radius 2 is 2.29 bits per heavy atom. The summed E-state index contributed by atoms with van der Waals surface area (Å²) >= 11 is 0. The van der Waals surface area contributed by atoms with Crippen LogP contribution in [0.3, 0.4) is 0 Å². The van der Waals surface area contributed by atoms with E-state index in [1.807, 2.05) is 0 Å².